The Morgan fingerprint density at radius 3 is 1.62 bits per heavy atom. The molecule has 0 aliphatic carbocycles. The lowest BCUT2D eigenvalue weighted by molar-refractivity contribution is 0.137. The van der Waals surface area contributed by atoms with Gasteiger partial charge in [-0.05, 0) is 0 Å². The number of hydrogen-bond donors (Lipinski definition) is 3. The number of nitriles is 1. The standard InChI is InChI=1S/CHNS.CH2O3.ClH/c2-1-3;2-1(3)4;/h3H;(H2,2,3,4);1H. The molecule has 0 aliphatic rings. The zero-order chi connectivity index (χ0) is 6.28. The number of rotatable bonds is 0. The van der Waals surface area contributed by atoms with Gasteiger partial charge in [-0.2, -0.15) is 5.26 Å². The normalized spacial score (nSPS) is 4.00. The SMILES string of the molecule is Cl.N#CS.O=C(O)O. The average Bonchev–Trinajstić information content (AvgIpc) is 1.33. The molecule has 6 heteroatoms. The van der Waals surface area contributed by atoms with Crippen LogP contribution in [0.5, 0.6) is 0 Å². The third-order valence-electron chi connectivity index (χ3n) is 0. The minimum atomic E-state index is -1.83. The third-order valence-corrected chi connectivity index (χ3v) is 0. The van der Waals surface area contributed by atoms with E-state index in [1.165, 1.54) is 5.40 Å². The Hall–Kier alpha value is -0.600. The largest absolute Gasteiger partial charge is 0.503 e. The molecule has 0 saturated heterocycles. The van der Waals surface area contributed by atoms with Crippen molar-refractivity contribution in [1.82, 2.24) is 0 Å². The number of hydrogen-bond acceptors (Lipinski definition) is 3. The summed E-state index contributed by atoms with van der Waals surface area (Å²) in [7, 11) is 0. The molecular formula is C2H4ClNO3S. The van der Waals surface area contributed by atoms with E-state index >= 15 is 0 Å². The van der Waals surface area contributed by atoms with Gasteiger partial charge in [0.25, 0.3) is 0 Å². The van der Waals surface area contributed by atoms with Crippen LogP contribution in [0.3, 0.4) is 0 Å². The highest BCUT2D eigenvalue weighted by Crippen LogP contribution is 1.46. The van der Waals surface area contributed by atoms with Crippen molar-refractivity contribution in [3.05, 3.63) is 0 Å². The van der Waals surface area contributed by atoms with Crippen molar-refractivity contribution < 1.29 is 15.0 Å². The quantitative estimate of drug-likeness (QED) is 0.363. The Labute approximate surface area is 57.6 Å². The molecule has 0 saturated carbocycles. The molecule has 0 aliphatic heterocycles. The van der Waals surface area contributed by atoms with Crippen LogP contribution in [0.25, 0.3) is 0 Å². The number of nitrogens with zero attached hydrogens (tertiary/aromatic N) is 1. The van der Waals surface area contributed by atoms with E-state index < -0.39 is 6.16 Å². The Bertz CT molecular complexity index is 85.8. The molecule has 0 radical (unpaired) electrons. The minimum Gasteiger partial charge on any atom is -0.450 e. The molecule has 0 bridgehead atoms. The predicted octanol–water partition coefficient (Wildman–Crippen LogP) is 1.04. The molecule has 8 heavy (non-hydrogen) atoms. The predicted molar refractivity (Wildman–Crippen MR) is 32.5 cm³/mol. The van der Waals surface area contributed by atoms with E-state index in [9.17, 15) is 0 Å². The second kappa shape index (κ2) is 16.1. The van der Waals surface area contributed by atoms with E-state index in [0.717, 1.165) is 0 Å². The Kier molecular flexibility index (Phi) is 31.6. The first-order valence-electron chi connectivity index (χ1n) is 1.10. The van der Waals surface area contributed by atoms with Crippen LogP contribution < -0.4 is 0 Å². The summed E-state index contributed by atoms with van der Waals surface area (Å²) in [6.07, 6.45) is -1.83. The van der Waals surface area contributed by atoms with Crippen molar-refractivity contribution >= 4 is 31.2 Å². The van der Waals surface area contributed by atoms with Crippen molar-refractivity contribution in [2.24, 2.45) is 0 Å². The van der Waals surface area contributed by atoms with E-state index in [2.05, 4.69) is 12.6 Å². The van der Waals surface area contributed by atoms with Crippen LogP contribution in [0.2, 0.25) is 0 Å². The highest BCUT2D eigenvalue weighted by atomic mass is 35.5. The maximum atomic E-state index is 8.56. The fraction of sp³-hybridized carbons (Fsp3) is 0. The van der Waals surface area contributed by atoms with Gasteiger partial charge >= 0.3 is 6.16 Å². The minimum absolute atomic E-state index is 0. The van der Waals surface area contributed by atoms with Crippen molar-refractivity contribution in [1.29, 1.82) is 5.26 Å². The van der Waals surface area contributed by atoms with Crippen LogP contribution in [0.1, 0.15) is 0 Å². The van der Waals surface area contributed by atoms with Gasteiger partial charge in [-0.25, -0.2) is 4.79 Å². The van der Waals surface area contributed by atoms with Gasteiger partial charge in [0.05, 0.1) is 0 Å². The van der Waals surface area contributed by atoms with Crippen LogP contribution in [-0.2, 0) is 0 Å². The van der Waals surface area contributed by atoms with E-state index in [1.807, 2.05) is 0 Å². The molecule has 0 amide bonds. The smallest absolute Gasteiger partial charge is 0.450 e. The van der Waals surface area contributed by atoms with Crippen LogP contribution >= 0.6 is 25.0 Å². The maximum Gasteiger partial charge on any atom is 0.503 e. The molecular weight excluding hydrogens is 154 g/mol. The Balaban J connectivity index is -0.0000000575. The van der Waals surface area contributed by atoms with E-state index in [-0.39, 0.29) is 12.4 Å². The monoisotopic (exact) mass is 157 g/mol. The fourth-order valence-corrected chi connectivity index (χ4v) is 0. The lowest BCUT2D eigenvalue weighted by Gasteiger charge is -1.60. The number of halogens is 1. The van der Waals surface area contributed by atoms with Gasteiger partial charge in [-0.3, -0.25) is 0 Å². The summed E-state index contributed by atoms with van der Waals surface area (Å²) in [5.41, 5.74) is 0. The summed E-state index contributed by atoms with van der Waals surface area (Å²) in [6.45, 7) is 0. The lowest BCUT2D eigenvalue weighted by Crippen LogP contribution is -1.81. The van der Waals surface area contributed by atoms with E-state index in [0.29, 0.717) is 0 Å². The number of thiol groups is 1. The first-order valence-corrected chi connectivity index (χ1v) is 1.55. The number of thiocyanates is 1. The van der Waals surface area contributed by atoms with Crippen LogP contribution in [0.4, 0.5) is 4.79 Å². The van der Waals surface area contributed by atoms with Gasteiger partial charge < -0.3 is 10.2 Å². The second-order valence-electron chi connectivity index (χ2n) is 0.383. The van der Waals surface area contributed by atoms with Crippen molar-refractivity contribution in [3.8, 4) is 5.40 Å². The van der Waals surface area contributed by atoms with Gasteiger partial charge in [-0.15, -0.1) is 12.4 Å². The zero-order valence-corrected chi connectivity index (χ0v) is 5.32. The third kappa shape index (κ3) is 290. The van der Waals surface area contributed by atoms with Crippen molar-refractivity contribution in [3.63, 3.8) is 0 Å². The maximum absolute atomic E-state index is 8.56. The van der Waals surface area contributed by atoms with Crippen LogP contribution in [0.15, 0.2) is 0 Å². The highest BCUT2D eigenvalue weighted by molar-refractivity contribution is 7.85. The van der Waals surface area contributed by atoms with Gasteiger partial charge in [0.1, 0.15) is 5.40 Å². The van der Waals surface area contributed by atoms with E-state index in [4.69, 9.17) is 20.3 Å². The summed E-state index contributed by atoms with van der Waals surface area (Å²) in [5.74, 6) is 0. The number of carbonyl (C=O) groups is 1. The summed E-state index contributed by atoms with van der Waals surface area (Å²) >= 11 is 3.09. The second-order valence-corrected chi connectivity index (χ2v) is 0.583. The fourth-order valence-electron chi connectivity index (χ4n) is 0. The molecule has 0 heterocycles. The first kappa shape index (κ1) is 15.7. The summed E-state index contributed by atoms with van der Waals surface area (Å²) in [5, 5.41) is 22.6. The molecule has 0 spiro atoms. The topological polar surface area (TPSA) is 81.3 Å². The zero-order valence-electron chi connectivity index (χ0n) is 3.61. The first-order chi connectivity index (χ1) is 3.15. The average molecular weight is 158 g/mol. The molecule has 0 aromatic rings. The molecule has 0 fully saturated rings. The molecule has 0 rings (SSSR count). The Morgan fingerprint density at radius 1 is 1.62 bits per heavy atom. The molecule has 2 N–H and O–H groups in total. The van der Waals surface area contributed by atoms with Crippen molar-refractivity contribution in [2.75, 3.05) is 0 Å². The molecule has 0 unspecified atom stereocenters. The van der Waals surface area contributed by atoms with Crippen molar-refractivity contribution in [2.45, 2.75) is 0 Å². The number of carboxylic acid groups (broad SMARTS) is 2. The molecule has 0 aromatic heterocycles. The molecule has 0 aromatic carbocycles. The van der Waals surface area contributed by atoms with Crippen LogP contribution in [0, 0.1) is 10.7 Å². The molecule has 0 atom stereocenters. The van der Waals surface area contributed by atoms with Gasteiger partial charge in [0.15, 0.2) is 0 Å². The Morgan fingerprint density at radius 2 is 1.62 bits per heavy atom. The summed E-state index contributed by atoms with van der Waals surface area (Å²) in [4.78, 5) is 8.56. The van der Waals surface area contributed by atoms with Gasteiger partial charge in [0.2, 0.25) is 0 Å². The van der Waals surface area contributed by atoms with Crippen LogP contribution in [-0.4, -0.2) is 16.4 Å². The van der Waals surface area contributed by atoms with E-state index in [1.54, 1.807) is 0 Å². The van der Waals surface area contributed by atoms with Gasteiger partial charge in [0, 0.05) is 0 Å². The summed E-state index contributed by atoms with van der Waals surface area (Å²) < 4.78 is 0. The van der Waals surface area contributed by atoms with Gasteiger partial charge in [-0.1, -0.05) is 12.6 Å². The highest BCUT2D eigenvalue weighted by Gasteiger charge is 1.70. The molecule has 48 valence electrons. The lowest BCUT2D eigenvalue weighted by atomic mass is 11.5. The molecule has 4 nitrogen and oxygen atoms in total. The summed E-state index contributed by atoms with van der Waals surface area (Å²) in [6, 6.07) is 0.